The standard InChI is InChI=1S/C12H26N4/c1-4-10-7-5-6-8-11(10)15-12(16-13)14-9(2)3/h9-11H,4-8,13H2,1-3H3,(H2,14,15,16). The van der Waals surface area contributed by atoms with E-state index in [2.05, 4.69) is 31.5 Å². The minimum Gasteiger partial charge on any atom is -0.353 e. The van der Waals surface area contributed by atoms with Crippen molar-refractivity contribution < 1.29 is 0 Å². The predicted molar refractivity (Wildman–Crippen MR) is 69.1 cm³/mol. The summed E-state index contributed by atoms with van der Waals surface area (Å²) in [6.07, 6.45) is 6.37. The highest BCUT2D eigenvalue weighted by atomic mass is 15.3. The zero-order valence-electron chi connectivity index (χ0n) is 10.8. The van der Waals surface area contributed by atoms with Crippen LogP contribution < -0.4 is 16.6 Å². The first-order valence-corrected chi connectivity index (χ1v) is 6.48. The van der Waals surface area contributed by atoms with Crippen LogP contribution in [-0.4, -0.2) is 18.0 Å². The molecular weight excluding hydrogens is 200 g/mol. The summed E-state index contributed by atoms with van der Waals surface area (Å²) in [4.78, 5) is 4.72. The van der Waals surface area contributed by atoms with Gasteiger partial charge in [0.25, 0.3) is 0 Å². The molecule has 0 aromatic rings. The van der Waals surface area contributed by atoms with Gasteiger partial charge in [0.1, 0.15) is 0 Å². The number of nitrogens with zero attached hydrogens (tertiary/aromatic N) is 1. The Kier molecular flexibility index (Phi) is 5.60. The molecule has 4 nitrogen and oxygen atoms in total. The summed E-state index contributed by atoms with van der Waals surface area (Å²) in [6, 6.07) is 0.800. The highest BCUT2D eigenvalue weighted by molar-refractivity contribution is 5.79. The molecular formula is C12H26N4. The molecule has 0 aliphatic heterocycles. The first-order valence-electron chi connectivity index (χ1n) is 6.48. The SMILES string of the molecule is CCC1CCCCC1N=C(NN)NC(C)C. The van der Waals surface area contributed by atoms with Gasteiger partial charge in [0, 0.05) is 6.04 Å². The fraction of sp³-hybridized carbons (Fsp3) is 0.917. The Morgan fingerprint density at radius 3 is 2.62 bits per heavy atom. The third kappa shape index (κ3) is 4.00. The Morgan fingerprint density at radius 1 is 1.38 bits per heavy atom. The molecule has 0 bridgehead atoms. The lowest BCUT2D eigenvalue weighted by Crippen LogP contribution is -2.45. The molecule has 0 spiro atoms. The molecule has 4 heteroatoms. The summed E-state index contributed by atoms with van der Waals surface area (Å²) >= 11 is 0. The zero-order valence-corrected chi connectivity index (χ0v) is 10.8. The van der Waals surface area contributed by atoms with E-state index in [1.165, 1.54) is 32.1 Å². The maximum Gasteiger partial charge on any atom is 0.206 e. The van der Waals surface area contributed by atoms with Crippen LogP contribution in [0.1, 0.15) is 52.9 Å². The molecule has 0 aromatic heterocycles. The normalized spacial score (nSPS) is 26.9. The summed E-state index contributed by atoms with van der Waals surface area (Å²) in [7, 11) is 0. The number of rotatable bonds is 3. The van der Waals surface area contributed by atoms with Gasteiger partial charge in [-0.25, -0.2) is 10.8 Å². The molecule has 1 aliphatic rings. The molecule has 94 valence electrons. The molecule has 2 unspecified atom stereocenters. The van der Waals surface area contributed by atoms with Gasteiger partial charge in [-0.3, -0.25) is 5.43 Å². The largest absolute Gasteiger partial charge is 0.353 e. The Hall–Kier alpha value is -0.770. The fourth-order valence-electron chi connectivity index (χ4n) is 2.39. The first kappa shape index (κ1) is 13.3. The van der Waals surface area contributed by atoms with Gasteiger partial charge in [0.05, 0.1) is 6.04 Å². The van der Waals surface area contributed by atoms with Crippen LogP contribution in [-0.2, 0) is 0 Å². The lowest BCUT2D eigenvalue weighted by Gasteiger charge is -2.28. The van der Waals surface area contributed by atoms with Crippen molar-refractivity contribution in [1.82, 2.24) is 10.7 Å². The van der Waals surface area contributed by atoms with Crippen molar-refractivity contribution in [2.75, 3.05) is 0 Å². The van der Waals surface area contributed by atoms with E-state index in [9.17, 15) is 0 Å². The van der Waals surface area contributed by atoms with Crippen molar-refractivity contribution in [1.29, 1.82) is 0 Å². The predicted octanol–water partition coefficient (Wildman–Crippen LogP) is 1.77. The second-order valence-electron chi connectivity index (χ2n) is 4.94. The van der Waals surface area contributed by atoms with E-state index >= 15 is 0 Å². The summed E-state index contributed by atoms with van der Waals surface area (Å²) in [6.45, 7) is 6.43. The molecule has 16 heavy (non-hydrogen) atoms. The average molecular weight is 226 g/mol. The zero-order chi connectivity index (χ0) is 12.0. The topological polar surface area (TPSA) is 62.4 Å². The molecule has 1 rings (SSSR count). The summed E-state index contributed by atoms with van der Waals surface area (Å²) in [5, 5.41) is 3.24. The molecule has 1 aliphatic carbocycles. The smallest absolute Gasteiger partial charge is 0.206 e. The number of guanidine groups is 1. The van der Waals surface area contributed by atoms with Crippen molar-refractivity contribution in [2.45, 2.75) is 65.0 Å². The highest BCUT2D eigenvalue weighted by Gasteiger charge is 2.23. The van der Waals surface area contributed by atoms with E-state index in [1.54, 1.807) is 0 Å². The number of nitrogens with one attached hydrogen (secondary N) is 2. The Balaban J connectivity index is 2.61. The van der Waals surface area contributed by atoms with Crippen LogP contribution in [0, 0.1) is 5.92 Å². The molecule has 0 radical (unpaired) electrons. The van der Waals surface area contributed by atoms with Crippen LogP contribution in [0.15, 0.2) is 4.99 Å². The van der Waals surface area contributed by atoms with Crippen LogP contribution in [0.2, 0.25) is 0 Å². The Bertz CT molecular complexity index is 225. The number of hydrazine groups is 1. The summed E-state index contributed by atoms with van der Waals surface area (Å²) < 4.78 is 0. The van der Waals surface area contributed by atoms with Gasteiger partial charge in [-0.15, -0.1) is 0 Å². The van der Waals surface area contributed by atoms with Gasteiger partial charge in [-0.2, -0.15) is 0 Å². The number of nitrogens with two attached hydrogens (primary N) is 1. The molecule has 1 saturated carbocycles. The molecule has 0 amide bonds. The third-order valence-electron chi connectivity index (χ3n) is 3.25. The van der Waals surface area contributed by atoms with Crippen molar-refractivity contribution in [3.8, 4) is 0 Å². The van der Waals surface area contributed by atoms with Crippen LogP contribution in [0.25, 0.3) is 0 Å². The van der Waals surface area contributed by atoms with Crippen LogP contribution in [0.3, 0.4) is 0 Å². The second-order valence-corrected chi connectivity index (χ2v) is 4.94. The van der Waals surface area contributed by atoms with Crippen LogP contribution in [0.5, 0.6) is 0 Å². The minimum atomic E-state index is 0.360. The summed E-state index contributed by atoms with van der Waals surface area (Å²) in [5.41, 5.74) is 2.66. The van der Waals surface area contributed by atoms with Crippen molar-refractivity contribution >= 4 is 5.96 Å². The first-order chi connectivity index (χ1) is 7.67. The van der Waals surface area contributed by atoms with Crippen LogP contribution in [0.4, 0.5) is 0 Å². The van der Waals surface area contributed by atoms with E-state index < -0.39 is 0 Å². The molecule has 0 heterocycles. The summed E-state index contributed by atoms with van der Waals surface area (Å²) in [5.74, 6) is 6.95. The monoisotopic (exact) mass is 226 g/mol. The maximum absolute atomic E-state index is 5.48. The average Bonchev–Trinajstić information content (AvgIpc) is 2.28. The quantitative estimate of drug-likeness (QED) is 0.297. The number of hydrogen-bond donors (Lipinski definition) is 3. The van der Waals surface area contributed by atoms with Gasteiger partial charge in [0.15, 0.2) is 0 Å². The molecule has 2 atom stereocenters. The lowest BCUT2D eigenvalue weighted by atomic mass is 9.83. The van der Waals surface area contributed by atoms with Gasteiger partial charge in [-0.05, 0) is 32.6 Å². The number of aliphatic imine (C=N–C) groups is 1. The van der Waals surface area contributed by atoms with E-state index in [0.29, 0.717) is 12.1 Å². The molecule has 0 saturated heterocycles. The van der Waals surface area contributed by atoms with E-state index in [1.807, 2.05) is 0 Å². The van der Waals surface area contributed by atoms with E-state index in [0.717, 1.165) is 11.9 Å². The Labute approximate surface area is 99.1 Å². The van der Waals surface area contributed by atoms with Crippen molar-refractivity contribution in [2.24, 2.45) is 16.8 Å². The highest BCUT2D eigenvalue weighted by Crippen LogP contribution is 2.29. The second kappa shape index (κ2) is 6.74. The van der Waals surface area contributed by atoms with Gasteiger partial charge >= 0.3 is 0 Å². The van der Waals surface area contributed by atoms with Gasteiger partial charge in [0.2, 0.25) is 5.96 Å². The maximum atomic E-state index is 5.48. The van der Waals surface area contributed by atoms with Gasteiger partial charge in [-0.1, -0.05) is 26.2 Å². The third-order valence-corrected chi connectivity index (χ3v) is 3.25. The molecule has 4 N–H and O–H groups in total. The van der Waals surface area contributed by atoms with Crippen molar-refractivity contribution in [3.05, 3.63) is 0 Å². The minimum absolute atomic E-state index is 0.360. The number of hydrogen-bond acceptors (Lipinski definition) is 2. The lowest BCUT2D eigenvalue weighted by molar-refractivity contribution is 0.301. The van der Waals surface area contributed by atoms with E-state index in [-0.39, 0.29) is 0 Å². The van der Waals surface area contributed by atoms with Crippen LogP contribution >= 0.6 is 0 Å². The fourth-order valence-corrected chi connectivity index (χ4v) is 2.39. The molecule has 1 fully saturated rings. The molecule has 0 aromatic carbocycles. The van der Waals surface area contributed by atoms with E-state index in [4.69, 9.17) is 10.8 Å². The van der Waals surface area contributed by atoms with Gasteiger partial charge < -0.3 is 5.32 Å². The van der Waals surface area contributed by atoms with Crippen molar-refractivity contribution in [3.63, 3.8) is 0 Å². The Morgan fingerprint density at radius 2 is 2.06 bits per heavy atom.